The molecule has 118 valence electrons. The standard InChI is InChI=1S/C15H19N3O4/c19-10-12-8-17(6-7-21-11-12)15(20)14-3-2-13(22-14)9-18-5-1-4-16-18/h1-5,12,19H,6-11H2/t12-/m0/s1. The highest BCUT2D eigenvalue weighted by molar-refractivity contribution is 5.91. The molecule has 22 heavy (non-hydrogen) atoms. The Morgan fingerprint density at radius 3 is 3.14 bits per heavy atom. The van der Waals surface area contributed by atoms with Gasteiger partial charge in [0.1, 0.15) is 5.76 Å². The molecule has 2 aromatic rings. The van der Waals surface area contributed by atoms with Gasteiger partial charge >= 0.3 is 0 Å². The minimum Gasteiger partial charge on any atom is -0.454 e. The SMILES string of the molecule is O=C(c1ccc(Cn2cccn2)o1)N1CCOC[C@H](CO)C1. The lowest BCUT2D eigenvalue weighted by atomic mass is 10.1. The minimum atomic E-state index is -0.171. The molecule has 0 saturated carbocycles. The van der Waals surface area contributed by atoms with Crippen LogP contribution in [0.3, 0.4) is 0 Å². The largest absolute Gasteiger partial charge is 0.454 e. The number of aromatic nitrogens is 2. The molecule has 0 aromatic carbocycles. The molecule has 3 rings (SSSR count). The van der Waals surface area contributed by atoms with Crippen molar-refractivity contribution in [2.75, 3.05) is 32.9 Å². The molecular formula is C15H19N3O4. The van der Waals surface area contributed by atoms with Gasteiger partial charge in [-0.2, -0.15) is 5.10 Å². The van der Waals surface area contributed by atoms with Crippen LogP contribution in [0.4, 0.5) is 0 Å². The van der Waals surface area contributed by atoms with Crippen LogP contribution in [0, 0.1) is 5.92 Å². The first-order chi connectivity index (χ1) is 10.8. The third-order valence-electron chi connectivity index (χ3n) is 3.63. The summed E-state index contributed by atoms with van der Waals surface area (Å²) >= 11 is 0. The quantitative estimate of drug-likeness (QED) is 0.895. The maximum absolute atomic E-state index is 12.5. The van der Waals surface area contributed by atoms with Gasteiger partial charge in [0.05, 0.1) is 19.8 Å². The summed E-state index contributed by atoms with van der Waals surface area (Å²) in [6.45, 7) is 2.43. The fourth-order valence-corrected chi connectivity index (χ4v) is 2.46. The van der Waals surface area contributed by atoms with E-state index in [4.69, 9.17) is 9.15 Å². The van der Waals surface area contributed by atoms with E-state index in [1.54, 1.807) is 27.9 Å². The van der Waals surface area contributed by atoms with E-state index in [9.17, 15) is 9.90 Å². The monoisotopic (exact) mass is 305 g/mol. The molecule has 0 radical (unpaired) electrons. The Balaban J connectivity index is 1.67. The lowest BCUT2D eigenvalue weighted by Crippen LogP contribution is -2.36. The van der Waals surface area contributed by atoms with Crippen molar-refractivity contribution < 1.29 is 19.1 Å². The van der Waals surface area contributed by atoms with Gasteiger partial charge in [-0.1, -0.05) is 0 Å². The Labute approximate surface area is 128 Å². The van der Waals surface area contributed by atoms with Crippen LogP contribution in [0.15, 0.2) is 35.0 Å². The highest BCUT2D eigenvalue weighted by Gasteiger charge is 2.25. The Kier molecular flexibility index (Phi) is 4.55. The van der Waals surface area contributed by atoms with E-state index in [-0.39, 0.29) is 18.4 Å². The summed E-state index contributed by atoms with van der Waals surface area (Å²) in [6.07, 6.45) is 3.53. The van der Waals surface area contributed by atoms with Crippen LogP contribution in [0.1, 0.15) is 16.3 Å². The van der Waals surface area contributed by atoms with Gasteiger partial charge in [-0.05, 0) is 18.2 Å². The second kappa shape index (κ2) is 6.76. The lowest BCUT2D eigenvalue weighted by molar-refractivity contribution is 0.0694. The normalized spacial score (nSPS) is 19.1. The van der Waals surface area contributed by atoms with Gasteiger partial charge in [0, 0.05) is 38.0 Å². The molecule has 1 aliphatic heterocycles. The number of carbonyl (C=O) groups is 1. The molecule has 0 aliphatic carbocycles. The Morgan fingerprint density at radius 1 is 1.45 bits per heavy atom. The first kappa shape index (κ1) is 14.8. The van der Waals surface area contributed by atoms with Crippen molar-refractivity contribution in [3.8, 4) is 0 Å². The third-order valence-corrected chi connectivity index (χ3v) is 3.63. The maximum Gasteiger partial charge on any atom is 0.289 e. The average Bonchev–Trinajstić information content (AvgIpc) is 3.14. The van der Waals surface area contributed by atoms with Crippen LogP contribution in [0.25, 0.3) is 0 Å². The second-order valence-corrected chi connectivity index (χ2v) is 5.34. The van der Waals surface area contributed by atoms with Crippen molar-refractivity contribution in [2.45, 2.75) is 6.54 Å². The smallest absolute Gasteiger partial charge is 0.289 e. The molecule has 1 fully saturated rings. The maximum atomic E-state index is 12.5. The van der Waals surface area contributed by atoms with E-state index in [0.717, 1.165) is 0 Å². The number of aliphatic hydroxyl groups is 1. The van der Waals surface area contributed by atoms with Gasteiger partial charge in [0.25, 0.3) is 5.91 Å². The van der Waals surface area contributed by atoms with Crippen molar-refractivity contribution in [1.82, 2.24) is 14.7 Å². The molecule has 1 N–H and O–H groups in total. The topological polar surface area (TPSA) is 80.7 Å². The molecular weight excluding hydrogens is 286 g/mol. The van der Waals surface area contributed by atoms with Crippen molar-refractivity contribution in [3.05, 3.63) is 42.1 Å². The molecule has 7 heteroatoms. The molecule has 3 heterocycles. The summed E-state index contributed by atoms with van der Waals surface area (Å²) in [6, 6.07) is 5.30. The van der Waals surface area contributed by atoms with Crippen LogP contribution >= 0.6 is 0 Å². The third kappa shape index (κ3) is 3.37. The average molecular weight is 305 g/mol. The summed E-state index contributed by atoms with van der Waals surface area (Å²) in [4.78, 5) is 14.2. The summed E-state index contributed by atoms with van der Waals surface area (Å²) < 4.78 is 12.8. The van der Waals surface area contributed by atoms with Gasteiger partial charge in [0.2, 0.25) is 0 Å². The van der Waals surface area contributed by atoms with Crippen molar-refractivity contribution in [3.63, 3.8) is 0 Å². The molecule has 0 unspecified atom stereocenters. The number of carbonyl (C=O) groups excluding carboxylic acids is 1. The zero-order chi connectivity index (χ0) is 15.4. The van der Waals surface area contributed by atoms with Crippen LogP contribution in [-0.4, -0.2) is 58.6 Å². The molecule has 1 amide bonds. The highest BCUT2D eigenvalue weighted by atomic mass is 16.5. The number of rotatable bonds is 4. The second-order valence-electron chi connectivity index (χ2n) is 5.34. The summed E-state index contributed by atoms with van der Waals surface area (Å²) in [5.74, 6) is 0.762. The molecule has 1 saturated heterocycles. The number of aliphatic hydroxyl groups excluding tert-OH is 1. The number of furan rings is 1. The zero-order valence-corrected chi connectivity index (χ0v) is 12.2. The molecule has 7 nitrogen and oxygen atoms in total. The molecule has 1 aliphatic rings. The number of hydrogen-bond donors (Lipinski definition) is 1. The van der Waals surface area contributed by atoms with Gasteiger partial charge in [0.15, 0.2) is 5.76 Å². The Morgan fingerprint density at radius 2 is 2.36 bits per heavy atom. The highest BCUT2D eigenvalue weighted by Crippen LogP contribution is 2.15. The van der Waals surface area contributed by atoms with Crippen LogP contribution < -0.4 is 0 Å². The molecule has 2 aromatic heterocycles. The van der Waals surface area contributed by atoms with E-state index in [1.165, 1.54) is 0 Å². The number of ether oxygens (including phenoxy) is 1. The van der Waals surface area contributed by atoms with E-state index < -0.39 is 0 Å². The molecule has 0 spiro atoms. The van der Waals surface area contributed by atoms with Crippen LogP contribution in [-0.2, 0) is 11.3 Å². The fourth-order valence-electron chi connectivity index (χ4n) is 2.46. The van der Waals surface area contributed by atoms with E-state index >= 15 is 0 Å². The fraction of sp³-hybridized carbons (Fsp3) is 0.467. The zero-order valence-electron chi connectivity index (χ0n) is 12.2. The van der Waals surface area contributed by atoms with Crippen molar-refractivity contribution in [2.24, 2.45) is 5.92 Å². The minimum absolute atomic E-state index is 0.00643. The van der Waals surface area contributed by atoms with E-state index in [0.29, 0.717) is 44.4 Å². The first-order valence-corrected chi connectivity index (χ1v) is 7.30. The van der Waals surface area contributed by atoms with Crippen molar-refractivity contribution >= 4 is 5.91 Å². The van der Waals surface area contributed by atoms with Gasteiger partial charge in [-0.3, -0.25) is 9.48 Å². The Bertz CT molecular complexity index is 608. The molecule has 0 bridgehead atoms. The predicted molar refractivity (Wildman–Crippen MR) is 77.3 cm³/mol. The van der Waals surface area contributed by atoms with E-state index in [2.05, 4.69) is 5.10 Å². The summed E-state index contributed by atoms with van der Waals surface area (Å²) in [5.41, 5.74) is 0. The van der Waals surface area contributed by atoms with Crippen LogP contribution in [0.2, 0.25) is 0 Å². The lowest BCUT2D eigenvalue weighted by Gasteiger charge is -2.21. The Hall–Kier alpha value is -2.12. The summed E-state index contributed by atoms with van der Waals surface area (Å²) in [7, 11) is 0. The van der Waals surface area contributed by atoms with Gasteiger partial charge in [-0.15, -0.1) is 0 Å². The van der Waals surface area contributed by atoms with E-state index in [1.807, 2.05) is 12.3 Å². The van der Waals surface area contributed by atoms with Crippen LogP contribution in [0.5, 0.6) is 0 Å². The number of amides is 1. The molecule has 1 atom stereocenters. The first-order valence-electron chi connectivity index (χ1n) is 7.30. The number of nitrogens with zero attached hydrogens (tertiary/aromatic N) is 3. The van der Waals surface area contributed by atoms with Gasteiger partial charge < -0.3 is 19.2 Å². The number of hydrogen-bond acceptors (Lipinski definition) is 5. The van der Waals surface area contributed by atoms with Crippen molar-refractivity contribution in [1.29, 1.82) is 0 Å². The summed E-state index contributed by atoms with van der Waals surface area (Å²) in [5, 5.41) is 13.4. The van der Waals surface area contributed by atoms with Gasteiger partial charge in [-0.25, -0.2) is 0 Å². The predicted octanol–water partition coefficient (Wildman–Crippen LogP) is 0.605.